The minimum atomic E-state index is -0.628. The van der Waals surface area contributed by atoms with E-state index in [4.69, 9.17) is 16.3 Å². The number of carbonyl (C=O) groups is 1. The lowest BCUT2D eigenvalue weighted by atomic mass is 10.2. The molecule has 102 valence electrons. The number of nitro groups is 1. The molecular formula is C12H13ClN2O4. The molecule has 0 heterocycles. The lowest BCUT2D eigenvalue weighted by Gasteiger charge is -2.06. The van der Waals surface area contributed by atoms with Crippen LogP contribution in [0.3, 0.4) is 0 Å². The molecule has 0 atom stereocenters. The lowest BCUT2D eigenvalue weighted by molar-refractivity contribution is -0.384. The van der Waals surface area contributed by atoms with Crippen LogP contribution >= 0.6 is 11.6 Å². The van der Waals surface area contributed by atoms with Crippen LogP contribution in [0.5, 0.6) is 0 Å². The van der Waals surface area contributed by atoms with Crippen LogP contribution in [-0.2, 0) is 4.74 Å². The maximum atomic E-state index is 11.8. The monoisotopic (exact) mass is 284 g/mol. The fraction of sp³-hybridized carbons (Fsp3) is 0.250. The van der Waals surface area contributed by atoms with Crippen molar-refractivity contribution >= 4 is 23.2 Å². The number of rotatable bonds is 7. The van der Waals surface area contributed by atoms with Gasteiger partial charge in [0.05, 0.1) is 23.4 Å². The molecule has 6 nitrogen and oxygen atoms in total. The highest BCUT2D eigenvalue weighted by molar-refractivity contribution is 6.35. The Hall–Kier alpha value is -2.08. The van der Waals surface area contributed by atoms with Gasteiger partial charge in [-0.15, -0.1) is 0 Å². The summed E-state index contributed by atoms with van der Waals surface area (Å²) in [5.74, 6) is -0.452. The fourth-order valence-corrected chi connectivity index (χ4v) is 1.65. The molecule has 0 aliphatic rings. The van der Waals surface area contributed by atoms with Gasteiger partial charge in [-0.1, -0.05) is 24.2 Å². The smallest absolute Gasteiger partial charge is 0.288 e. The maximum Gasteiger partial charge on any atom is 0.288 e. The Morgan fingerprint density at radius 2 is 2.32 bits per heavy atom. The summed E-state index contributed by atoms with van der Waals surface area (Å²) in [6.07, 6.45) is 1.92. The number of hydrogen-bond acceptors (Lipinski definition) is 4. The summed E-state index contributed by atoms with van der Waals surface area (Å²) in [5, 5.41) is 13.1. The van der Waals surface area contributed by atoms with Gasteiger partial charge in [0, 0.05) is 12.6 Å². The number of ether oxygens (including phenoxy) is 1. The van der Waals surface area contributed by atoms with E-state index in [1.54, 1.807) is 0 Å². The van der Waals surface area contributed by atoms with Gasteiger partial charge in [-0.25, -0.2) is 0 Å². The maximum absolute atomic E-state index is 11.8. The van der Waals surface area contributed by atoms with E-state index in [1.807, 2.05) is 0 Å². The van der Waals surface area contributed by atoms with Crippen molar-refractivity contribution in [3.05, 3.63) is 51.7 Å². The topological polar surface area (TPSA) is 81.5 Å². The Balaban J connectivity index is 2.64. The van der Waals surface area contributed by atoms with E-state index in [-0.39, 0.29) is 16.3 Å². The third kappa shape index (κ3) is 4.26. The van der Waals surface area contributed by atoms with Crippen molar-refractivity contribution in [2.24, 2.45) is 0 Å². The van der Waals surface area contributed by atoms with Gasteiger partial charge in [0.15, 0.2) is 0 Å². The van der Waals surface area contributed by atoms with E-state index >= 15 is 0 Å². The van der Waals surface area contributed by atoms with E-state index in [0.717, 1.165) is 0 Å². The van der Waals surface area contributed by atoms with Gasteiger partial charge in [-0.05, 0) is 12.5 Å². The summed E-state index contributed by atoms with van der Waals surface area (Å²) in [4.78, 5) is 21.9. The minimum absolute atomic E-state index is 0.0838. The standard InChI is InChI=1S/C12H13ClN2O4/c1-2-19-8-4-7-14-12(16)9-5-3-6-10(11(9)13)15(17)18/h2-3,5-6H,1,4,7-8H2,(H,14,16). The molecule has 1 aromatic carbocycles. The molecular weight excluding hydrogens is 272 g/mol. The molecule has 0 spiro atoms. The molecule has 0 fully saturated rings. The van der Waals surface area contributed by atoms with Gasteiger partial charge < -0.3 is 10.1 Å². The van der Waals surface area contributed by atoms with Crippen molar-refractivity contribution in [1.29, 1.82) is 0 Å². The van der Waals surface area contributed by atoms with Crippen LogP contribution in [0, 0.1) is 10.1 Å². The lowest BCUT2D eigenvalue weighted by Crippen LogP contribution is -2.25. The summed E-state index contributed by atoms with van der Waals surface area (Å²) in [6.45, 7) is 4.21. The van der Waals surface area contributed by atoms with Crippen LogP contribution < -0.4 is 5.32 Å². The van der Waals surface area contributed by atoms with E-state index in [0.29, 0.717) is 19.6 Å². The predicted octanol–water partition coefficient (Wildman–Crippen LogP) is 2.53. The first-order valence-corrected chi connectivity index (χ1v) is 5.89. The van der Waals surface area contributed by atoms with Crippen LogP contribution in [-0.4, -0.2) is 24.0 Å². The van der Waals surface area contributed by atoms with Gasteiger partial charge >= 0.3 is 0 Å². The van der Waals surface area contributed by atoms with Gasteiger partial charge in [-0.3, -0.25) is 14.9 Å². The molecule has 7 heteroatoms. The number of carbonyl (C=O) groups excluding carboxylic acids is 1. The summed E-state index contributed by atoms with van der Waals surface area (Å²) < 4.78 is 4.89. The molecule has 0 aliphatic heterocycles. The first-order chi connectivity index (χ1) is 9.07. The first kappa shape index (κ1) is 15.0. The van der Waals surface area contributed by atoms with E-state index < -0.39 is 10.8 Å². The van der Waals surface area contributed by atoms with E-state index in [2.05, 4.69) is 11.9 Å². The molecule has 0 radical (unpaired) electrons. The summed E-state index contributed by atoms with van der Waals surface area (Å²) in [7, 11) is 0. The zero-order valence-electron chi connectivity index (χ0n) is 10.1. The molecule has 0 saturated carbocycles. The highest BCUT2D eigenvalue weighted by atomic mass is 35.5. The van der Waals surface area contributed by atoms with Crippen molar-refractivity contribution in [3.63, 3.8) is 0 Å². The second kappa shape index (κ2) is 7.38. The number of hydrogen-bond donors (Lipinski definition) is 1. The predicted molar refractivity (Wildman–Crippen MR) is 71.2 cm³/mol. The Morgan fingerprint density at radius 3 is 2.95 bits per heavy atom. The normalized spacial score (nSPS) is 9.74. The Labute approximate surface area is 115 Å². The van der Waals surface area contributed by atoms with Crippen LogP contribution in [0.1, 0.15) is 16.8 Å². The quantitative estimate of drug-likeness (QED) is 0.361. The second-order valence-corrected chi connectivity index (χ2v) is 3.92. The summed E-state index contributed by atoms with van der Waals surface area (Å²) in [5.41, 5.74) is -0.204. The number of halogens is 1. The number of amides is 1. The Kier molecular flexibility index (Phi) is 5.81. The number of nitrogens with one attached hydrogen (secondary N) is 1. The van der Waals surface area contributed by atoms with Crippen LogP contribution in [0.2, 0.25) is 5.02 Å². The SMILES string of the molecule is C=COCCCNC(=O)c1cccc([N+](=O)[O-])c1Cl. The van der Waals surface area contributed by atoms with Crippen molar-refractivity contribution < 1.29 is 14.5 Å². The third-order valence-corrected chi connectivity index (χ3v) is 2.66. The fourth-order valence-electron chi connectivity index (χ4n) is 1.37. The van der Waals surface area contributed by atoms with Crippen LogP contribution in [0.4, 0.5) is 5.69 Å². The molecule has 1 N–H and O–H groups in total. The van der Waals surface area contributed by atoms with E-state index in [1.165, 1.54) is 24.5 Å². The number of nitro benzene ring substituents is 1. The number of benzene rings is 1. The van der Waals surface area contributed by atoms with Crippen molar-refractivity contribution in [1.82, 2.24) is 5.32 Å². The van der Waals surface area contributed by atoms with Gasteiger partial charge in [0.2, 0.25) is 0 Å². The largest absolute Gasteiger partial charge is 0.502 e. The third-order valence-electron chi connectivity index (χ3n) is 2.26. The Morgan fingerprint density at radius 1 is 1.58 bits per heavy atom. The van der Waals surface area contributed by atoms with Gasteiger partial charge in [0.25, 0.3) is 11.6 Å². The van der Waals surface area contributed by atoms with E-state index in [9.17, 15) is 14.9 Å². The Bertz CT molecular complexity index is 491. The average Bonchev–Trinajstić information content (AvgIpc) is 2.38. The molecule has 0 saturated heterocycles. The zero-order chi connectivity index (χ0) is 14.3. The van der Waals surface area contributed by atoms with Gasteiger partial charge in [-0.2, -0.15) is 0 Å². The van der Waals surface area contributed by atoms with Crippen molar-refractivity contribution in [3.8, 4) is 0 Å². The van der Waals surface area contributed by atoms with Crippen molar-refractivity contribution in [2.45, 2.75) is 6.42 Å². The molecule has 1 aromatic rings. The second-order valence-electron chi connectivity index (χ2n) is 3.54. The summed E-state index contributed by atoms with van der Waals surface area (Å²) >= 11 is 5.82. The molecule has 1 amide bonds. The molecule has 19 heavy (non-hydrogen) atoms. The molecule has 1 rings (SSSR count). The van der Waals surface area contributed by atoms with Crippen LogP contribution in [0.15, 0.2) is 31.0 Å². The highest BCUT2D eigenvalue weighted by Crippen LogP contribution is 2.27. The van der Waals surface area contributed by atoms with Crippen LogP contribution in [0.25, 0.3) is 0 Å². The molecule has 0 unspecified atom stereocenters. The first-order valence-electron chi connectivity index (χ1n) is 5.51. The zero-order valence-corrected chi connectivity index (χ0v) is 10.9. The molecule has 0 aliphatic carbocycles. The summed E-state index contributed by atoms with van der Waals surface area (Å²) in [6, 6.07) is 4.10. The highest BCUT2D eigenvalue weighted by Gasteiger charge is 2.19. The molecule has 0 bridgehead atoms. The number of nitrogens with zero attached hydrogens (tertiary/aromatic N) is 1. The van der Waals surface area contributed by atoms with Crippen molar-refractivity contribution in [2.75, 3.05) is 13.2 Å². The molecule has 0 aromatic heterocycles. The minimum Gasteiger partial charge on any atom is -0.502 e. The average molecular weight is 285 g/mol. The van der Waals surface area contributed by atoms with Gasteiger partial charge in [0.1, 0.15) is 5.02 Å².